The second-order valence-electron chi connectivity index (χ2n) is 5.92. The molecule has 3 nitrogen and oxygen atoms in total. The lowest BCUT2D eigenvalue weighted by Gasteiger charge is -2.21. The van der Waals surface area contributed by atoms with E-state index in [4.69, 9.17) is 4.98 Å². The van der Waals surface area contributed by atoms with Crippen molar-refractivity contribution in [3.05, 3.63) is 59.7 Å². The summed E-state index contributed by atoms with van der Waals surface area (Å²) < 4.78 is 2.24. The highest BCUT2D eigenvalue weighted by molar-refractivity contribution is 6.03. The molecule has 3 heteroatoms. The highest BCUT2D eigenvalue weighted by Gasteiger charge is 2.23. The number of aryl methyl sites for hydroxylation is 1. The Hall–Kier alpha value is -2.81. The molecule has 5 rings (SSSR count). The number of phenolic OH excluding ortho intramolecular Hbond substituents is 1. The second-order valence-corrected chi connectivity index (χ2v) is 5.92. The minimum absolute atomic E-state index is 0.333. The van der Waals surface area contributed by atoms with E-state index >= 15 is 0 Å². The van der Waals surface area contributed by atoms with Crippen LogP contribution in [-0.4, -0.2) is 14.7 Å². The van der Waals surface area contributed by atoms with Crippen LogP contribution >= 0.6 is 0 Å². The van der Waals surface area contributed by atoms with Crippen molar-refractivity contribution in [3.8, 4) is 17.1 Å². The molecule has 1 N–H and O–H groups in total. The van der Waals surface area contributed by atoms with Gasteiger partial charge in [-0.2, -0.15) is 0 Å². The maximum atomic E-state index is 10.3. The number of aromatic nitrogens is 2. The average Bonchev–Trinajstić information content (AvgIpc) is 2.91. The number of benzene rings is 3. The van der Waals surface area contributed by atoms with E-state index in [0.717, 1.165) is 39.9 Å². The summed E-state index contributed by atoms with van der Waals surface area (Å²) in [7, 11) is 0. The summed E-state index contributed by atoms with van der Waals surface area (Å²) in [4.78, 5) is 4.80. The highest BCUT2D eigenvalue weighted by atomic mass is 16.3. The molecule has 0 fully saturated rings. The van der Waals surface area contributed by atoms with Crippen LogP contribution in [0.2, 0.25) is 0 Å². The first kappa shape index (κ1) is 11.8. The van der Waals surface area contributed by atoms with Crippen molar-refractivity contribution >= 4 is 21.8 Å². The van der Waals surface area contributed by atoms with Crippen molar-refractivity contribution < 1.29 is 5.11 Å². The predicted molar refractivity (Wildman–Crippen MR) is 88.2 cm³/mol. The molecule has 106 valence electrons. The first-order valence-corrected chi connectivity index (χ1v) is 7.44. The predicted octanol–water partition coefficient (Wildman–Crippen LogP) is 4.23. The van der Waals surface area contributed by atoms with Gasteiger partial charge in [-0.25, -0.2) is 4.98 Å². The zero-order valence-corrected chi connectivity index (χ0v) is 12.2. The molecular weight excluding hydrogens is 272 g/mol. The molecule has 3 aromatic carbocycles. The van der Waals surface area contributed by atoms with Gasteiger partial charge in [0.2, 0.25) is 0 Å². The number of hydrogen-bond donors (Lipinski definition) is 1. The fourth-order valence-corrected chi connectivity index (χ4v) is 3.61. The first-order valence-electron chi connectivity index (χ1n) is 7.44. The molecular formula is C19H14N2O. The Morgan fingerprint density at radius 2 is 1.95 bits per heavy atom. The van der Waals surface area contributed by atoms with E-state index in [1.54, 1.807) is 0 Å². The van der Waals surface area contributed by atoms with Gasteiger partial charge in [-0.15, -0.1) is 0 Å². The lowest BCUT2D eigenvalue weighted by molar-refractivity contribution is 0.472. The molecule has 4 aromatic rings. The summed E-state index contributed by atoms with van der Waals surface area (Å²) in [5.74, 6) is 1.28. The Morgan fingerprint density at radius 1 is 1.09 bits per heavy atom. The van der Waals surface area contributed by atoms with Gasteiger partial charge in [0.25, 0.3) is 0 Å². The molecule has 1 aliphatic heterocycles. The third-order valence-electron chi connectivity index (χ3n) is 4.71. The number of para-hydroxylation sites is 2. The van der Waals surface area contributed by atoms with Crippen molar-refractivity contribution in [1.82, 2.24) is 9.55 Å². The van der Waals surface area contributed by atoms with Gasteiger partial charge in [0.1, 0.15) is 11.6 Å². The van der Waals surface area contributed by atoms with Crippen molar-refractivity contribution in [2.45, 2.75) is 13.5 Å². The monoisotopic (exact) mass is 286 g/mol. The van der Waals surface area contributed by atoms with E-state index in [1.165, 1.54) is 10.9 Å². The van der Waals surface area contributed by atoms with Gasteiger partial charge in [-0.3, -0.25) is 0 Å². The summed E-state index contributed by atoms with van der Waals surface area (Å²) in [5, 5.41) is 12.6. The van der Waals surface area contributed by atoms with E-state index in [-0.39, 0.29) is 0 Å². The number of fused-ring (bicyclic) bond motifs is 4. The Morgan fingerprint density at radius 3 is 2.86 bits per heavy atom. The molecule has 1 aromatic heterocycles. The normalized spacial score (nSPS) is 12.8. The van der Waals surface area contributed by atoms with Gasteiger partial charge >= 0.3 is 0 Å². The molecule has 0 atom stereocenters. The van der Waals surface area contributed by atoms with Crippen LogP contribution in [0.15, 0.2) is 48.5 Å². The van der Waals surface area contributed by atoms with Gasteiger partial charge in [-0.05, 0) is 47.0 Å². The van der Waals surface area contributed by atoms with E-state index in [2.05, 4.69) is 28.8 Å². The van der Waals surface area contributed by atoms with Crippen molar-refractivity contribution in [2.75, 3.05) is 0 Å². The van der Waals surface area contributed by atoms with Gasteiger partial charge < -0.3 is 9.67 Å². The standard InChI is InChI=1S/C19H14N2O/c1-11-13-6-4-5-12-10-21-16-8-3-2-7-15(16)20-19(21)14(18(12)13)9-17(11)22/h2-9,22H,10H2,1H3. The zero-order chi connectivity index (χ0) is 14.8. The molecule has 0 spiro atoms. The van der Waals surface area contributed by atoms with Crippen LogP contribution in [0.25, 0.3) is 33.2 Å². The number of rotatable bonds is 0. The molecule has 22 heavy (non-hydrogen) atoms. The minimum atomic E-state index is 0.333. The molecule has 1 aliphatic rings. The second kappa shape index (κ2) is 3.89. The third kappa shape index (κ3) is 1.33. The van der Waals surface area contributed by atoms with Crippen LogP contribution in [0.1, 0.15) is 11.1 Å². The summed E-state index contributed by atoms with van der Waals surface area (Å²) >= 11 is 0. The maximum Gasteiger partial charge on any atom is 0.142 e. The van der Waals surface area contributed by atoms with Crippen LogP contribution in [0, 0.1) is 6.92 Å². The van der Waals surface area contributed by atoms with Gasteiger partial charge in [0, 0.05) is 5.56 Å². The van der Waals surface area contributed by atoms with Crippen LogP contribution in [0.5, 0.6) is 5.75 Å². The number of phenols is 1. The van der Waals surface area contributed by atoms with E-state index in [0.29, 0.717) is 5.75 Å². The summed E-state index contributed by atoms with van der Waals surface area (Å²) in [5.41, 5.74) is 5.38. The molecule has 0 saturated carbocycles. The topological polar surface area (TPSA) is 38.0 Å². The van der Waals surface area contributed by atoms with Gasteiger partial charge in [0.15, 0.2) is 0 Å². The summed E-state index contributed by atoms with van der Waals surface area (Å²) in [6.07, 6.45) is 0. The molecule has 0 amide bonds. The van der Waals surface area contributed by atoms with Crippen LogP contribution in [0.3, 0.4) is 0 Å². The van der Waals surface area contributed by atoms with Crippen molar-refractivity contribution in [2.24, 2.45) is 0 Å². The first-order chi connectivity index (χ1) is 10.7. The zero-order valence-electron chi connectivity index (χ0n) is 12.2. The largest absolute Gasteiger partial charge is 0.508 e. The Kier molecular flexibility index (Phi) is 2.09. The highest BCUT2D eigenvalue weighted by Crippen LogP contribution is 2.41. The quantitative estimate of drug-likeness (QED) is 0.462. The maximum absolute atomic E-state index is 10.3. The Balaban J connectivity index is 2.00. The van der Waals surface area contributed by atoms with Crippen molar-refractivity contribution in [1.29, 1.82) is 0 Å². The van der Waals surface area contributed by atoms with Crippen LogP contribution in [-0.2, 0) is 6.54 Å². The van der Waals surface area contributed by atoms with E-state index < -0.39 is 0 Å². The van der Waals surface area contributed by atoms with Crippen LogP contribution < -0.4 is 0 Å². The van der Waals surface area contributed by atoms with E-state index in [1.807, 2.05) is 31.2 Å². The minimum Gasteiger partial charge on any atom is -0.508 e. The number of nitrogens with zero attached hydrogens (tertiary/aromatic N) is 2. The Labute approximate surface area is 127 Å². The fourth-order valence-electron chi connectivity index (χ4n) is 3.61. The molecule has 0 saturated heterocycles. The Bertz CT molecular complexity index is 1080. The fraction of sp³-hybridized carbons (Fsp3) is 0.105. The molecule has 2 heterocycles. The smallest absolute Gasteiger partial charge is 0.142 e. The van der Waals surface area contributed by atoms with Crippen molar-refractivity contribution in [3.63, 3.8) is 0 Å². The van der Waals surface area contributed by atoms with Gasteiger partial charge in [0.05, 0.1) is 17.6 Å². The number of aromatic hydroxyl groups is 1. The number of imidazole rings is 1. The SMILES string of the molecule is Cc1c(O)cc2c3c(cccc13)Cn1c-2nc2ccccc21. The van der Waals surface area contributed by atoms with Crippen LogP contribution in [0.4, 0.5) is 0 Å². The lowest BCUT2D eigenvalue weighted by Crippen LogP contribution is -2.08. The lowest BCUT2D eigenvalue weighted by atomic mass is 9.92. The molecule has 0 radical (unpaired) electrons. The van der Waals surface area contributed by atoms with E-state index in [9.17, 15) is 5.11 Å². The average molecular weight is 286 g/mol. The number of hydrogen-bond acceptors (Lipinski definition) is 2. The molecule has 0 bridgehead atoms. The summed E-state index contributed by atoms with van der Waals surface area (Å²) in [6.45, 7) is 2.79. The molecule has 0 unspecified atom stereocenters. The van der Waals surface area contributed by atoms with Gasteiger partial charge in [-0.1, -0.05) is 30.3 Å². The summed E-state index contributed by atoms with van der Waals surface area (Å²) in [6, 6.07) is 16.4. The molecule has 0 aliphatic carbocycles. The third-order valence-corrected chi connectivity index (χ3v) is 4.71.